The first-order chi connectivity index (χ1) is 11.0. The molecule has 3 aromatic rings. The predicted octanol–water partition coefficient (Wildman–Crippen LogP) is 2.82. The van der Waals surface area contributed by atoms with Crippen LogP contribution in [0.5, 0.6) is 0 Å². The summed E-state index contributed by atoms with van der Waals surface area (Å²) in [7, 11) is -3.70. The molecule has 0 unspecified atom stereocenters. The summed E-state index contributed by atoms with van der Waals surface area (Å²) in [6, 6.07) is 10.2. The Bertz CT molecular complexity index is 894. The molecule has 0 radical (unpaired) electrons. The second-order valence-electron chi connectivity index (χ2n) is 4.62. The van der Waals surface area contributed by atoms with Gasteiger partial charge >= 0.3 is 0 Å². The van der Waals surface area contributed by atoms with E-state index in [9.17, 15) is 12.8 Å². The zero-order valence-electron chi connectivity index (χ0n) is 11.8. The minimum atomic E-state index is -3.70. The van der Waals surface area contributed by atoms with Crippen LogP contribution in [0.4, 0.5) is 4.39 Å². The van der Waals surface area contributed by atoms with Crippen LogP contribution >= 0.6 is 11.3 Å². The average molecular weight is 349 g/mol. The summed E-state index contributed by atoms with van der Waals surface area (Å²) in [4.78, 5) is 8.57. The topological polar surface area (TPSA) is 72.0 Å². The molecule has 2 aromatic heterocycles. The van der Waals surface area contributed by atoms with Crippen molar-refractivity contribution in [3.05, 3.63) is 64.9 Å². The van der Waals surface area contributed by atoms with Crippen molar-refractivity contribution in [3.63, 3.8) is 0 Å². The first-order valence-corrected chi connectivity index (χ1v) is 9.02. The van der Waals surface area contributed by atoms with Crippen LogP contribution < -0.4 is 4.72 Å². The van der Waals surface area contributed by atoms with Crippen LogP contribution in [-0.4, -0.2) is 18.4 Å². The van der Waals surface area contributed by atoms with Crippen molar-refractivity contribution >= 4 is 21.4 Å². The first-order valence-electron chi connectivity index (χ1n) is 6.66. The molecule has 5 nitrogen and oxygen atoms in total. The van der Waals surface area contributed by atoms with Crippen molar-refractivity contribution in [1.82, 2.24) is 14.7 Å². The maximum Gasteiger partial charge on any atom is 0.240 e. The van der Waals surface area contributed by atoms with Crippen LogP contribution in [-0.2, 0) is 16.6 Å². The van der Waals surface area contributed by atoms with Gasteiger partial charge in [0.05, 0.1) is 22.8 Å². The Morgan fingerprint density at radius 2 is 1.87 bits per heavy atom. The van der Waals surface area contributed by atoms with Gasteiger partial charge in [-0.15, -0.1) is 11.3 Å². The highest BCUT2D eigenvalue weighted by Crippen LogP contribution is 2.20. The van der Waals surface area contributed by atoms with Gasteiger partial charge in [0.2, 0.25) is 10.0 Å². The normalized spacial score (nSPS) is 11.5. The predicted molar refractivity (Wildman–Crippen MR) is 85.8 cm³/mol. The zero-order valence-corrected chi connectivity index (χ0v) is 13.4. The smallest absolute Gasteiger partial charge is 0.240 e. The number of sulfonamides is 1. The maximum atomic E-state index is 12.9. The third-order valence-electron chi connectivity index (χ3n) is 3.02. The Morgan fingerprint density at radius 3 is 2.57 bits per heavy atom. The Morgan fingerprint density at radius 1 is 1.09 bits per heavy atom. The number of benzene rings is 1. The van der Waals surface area contributed by atoms with Crippen LogP contribution in [0.1, 0.15) is 5.01 Å². The van der Waals surface area contributed by atoms with Crippen molar-refractivity contribution in [3.8, 4) is 11.4 Å². The van der Waals surface area contributed by atoms with E-state index in [4.69, 9.17) is 0 Å². The highest BCUT2D eigenvalue weighted by molar-refractivity contribution is 7.89. The molecule has 1 N–H and O–H groups in total. The number of rotatable bonds is 5. The molecule has 23 heavy (non-hydrogen) atoms. The van der Waals surface area contributed by atoms with Crippen LogP contribution in [0.3, 0.4) is 0 Å². The second kappa shape index (κ2) is 6.53. The van der Waals surface area contributed by atoms with Gasteiger partial charge in [0.25, 0.3) is 0 Å². The molecule has 8 heteroatoms. The molecule has 0 aliphatic rings. The monoisotopic (exact) mass is 349 g/mol. The Labute approximate surface area is 136 Å². The van der Waals surface area contributed by atoms with Crippen LogP contribution in [0.15, 0.2) is 58.9 Å². The quantitative estimate of drug-likeness (QED) is 0.769. The molecule has 0 aliphatic carbocycles. The molecule has 118 valence electrons. The molecule has 1 aromatic carbocycles. The lowest BCUT2D eigenvalue weighted by Crippen LogP contribution is -2.23. The van der Waals surface area contributed by atoms with Gasteiger partial charge in [-0.3, -0.25) is 4.98 Å². The lowest BCUT2D eigenvalue weighted by molar-refractivity contribution is 0.580. The molecule has 0 spiro atoms. The van der Waals surface area contributed by atoms with Gasteiger partial charge in [0.15, 0.2) is 0 Å². The highest BCUT2D eigenvalue weighted by atomic mass is 32.2. The SMILES string of the molecule is O=S(=O)(NCc1nc(-c2ccccn2)cs1)c1ccc(F)cc1. The highest BCUT2D eigenvalue weighted by Gasteiger charge is 2.15. The third kappa shape index (κ3) is 3.79. The van der Waals surface area contributed by atoms with E-state index in [0.717, 1.165) is 17.8 Å². The number of pyridine rings is 1. The largest absolute Gasteiger partial charge is 0.255 e. The van der Waals surface area contributed by atoms with E-state index in [2.05, 4.69) is 14.7 Å². The number of halogens is 1. The fourth-order valence-corrected chi connectivity index (χ4v) is 3.68. The molecule has 0 saturated heterocycles. The summed E-state index contributed by atoms with van der Waals surface area (Å²) in [5, 5.41) is 2.44. The summed E-state index contributed by atoms with van der Waals surface area (Å²) >= 11 is 1.34. The number of thiazole rings is 1. The van der Waals surface area contributed by atoms with E-state index in [-0.39, 0.29) is 11.4 Å². The van der Waals surface area contributed by atoms with Crippen molar-refractivity contribution in [2.24, 2.45) is 0 Å². The van der Waals surface area contributed by atoms with Gasteiger partial charge in [0.1, 0.15) is 10.8 Å². The molecule has 0 fully saturated rings. The van der Waals surface area contributed by atoms with Gasteiger partial charge in [-0.05, 0) is 36.4 Å². The van der Waals surface area contributed by atoms with Crippen LogP contribution in [0, 0.1) is 5.82 Å². The van der Waals surface area contributed by atoms with Crippen molar-refractivity contribution < 1.29 is 12.8 Å². The number of aromatic nitrogens is 2. The van der Waals surface area contributed by atoms with Crippen molar-refractivity contribution in [2.75, 3.05) is 0 Å². The molecular formula is C15H12FN3O2S2. The van der Waals surface area contributed by atoms with Gasteiger partial charge < -0.3 is 0 Å². The van der Waals surface area contributed by atoms with Gasteiger partial charge in [-0.2, -0.15) is 0 Å². The molecule has 0 aliphatic heterocycles. The van der Waals surface area contributed by atoms with Gasteiger partial charge in [-0.1, -0.05) is 6.07 Å². The second-order valence-corrected chi connectivity index (χ2v) is 7.33. The molecule has 3 rings (SSSR count). The number of nitrogens with one attached hydrogen (secondary N) is 1. The molecule has 0 bridgehead atoms. The first kappa shape index (κ1) is 15.7. The molecule has 0 atom stereocenters. The molecule has 0 amide bonds. The van der Waals surface area contributed by atoms with Gasteiger partial charge in [-0.25, -0.2) is 22.5 Å². The van der Waals surface area contributed by atoms with Gasteiger partial charge in [0, 0.05) is 11.6 Å². The fourth-order valence-electron chi connectivity index (χ4n) is 1.88. The van der Waals surface area contributed by atoms with E-state index in [1.807, 2.05) is 23.6 Å². The van der Waals surface area contributed by atoms with Crippen molar-refractivity contribution in [1.29, 1.82) is 0 Å². The molecule has 0 saturated carbocycles. The zero-order chi connectivity index (χ0) is 16.3. The summed E-state index contributed by atoms with van der Waals surface area (Å²) in [5.41, 5.74) is 1.43. The Hall–Kier alpha value is -2.16. The minimum absolute atomic E-state index is 0.0143. The fraction of sp³-hybridized carbons (Fsp3) is 0.0667. The standard InChI is InChI=1S/C15H12FN3O2S2/c16-11-4-6-12(7-5-11)23(20,21)18-9-15-19-14(10-22-15)13-3-1-2-8-17-13/h1-8,10,18H,9H2. The summed E-state index contributed by atoms with van der Waals surface area (Å²) in [6.45, 7) is 0.0667. The van der Waals surface area contributed by atoms with E-state index in [1.54, 1.807) is 6.20 Å². The van der Waals surface area contributed by atoms with Crippen LogP contribution in [0.25, 0.3) is 11.4 Å². The molecule has 2 heterocycles. The lowest BCUT2D eigenvalue weighted by Gasteiger charge is -2.04. The minimum Gasteiger partial charge on any atom is -0.255 e. The molecular weight excluding hydrogens is 337 g/mol. The summed E-state index contributed by atoms with van der Waals surface area (Å²) < 4.78 is 39.6. The number of nitrogens with zero attached hydrogens (tertiary/aromatic N) is 2. The van der Waals surface area contributed by atoms with E-state index in [1.165, 1.54) is 23.5 Å². The van der Waals surface area contributed by atoms with Crippen LogP contribution in [0.2, 0.25) is 0 Å². The van der Waals surface area contributed by atoms with E-state index in [0.29, 0.717) is 10.7 Å². The summed E-state index contributed by atoms with van der Waals surface area (Å²) in [5.74, 6) is -0.483. The number of hydrogen-bond acceptors (Lipinski definition) is 5. The Kier molecular flexibility index (Phi) is 4.46. The maximum absolute atomic E-state index is 12.9. The third-order valence-corrected chi connectivity index (χ3v) is 5.28. The van der Waals surface area contributed by atoms with E-state index < -0.39 is 15.8 Å². The van der Waals surface area contributed by atoms with E-state index >= 15 is 0 Å². The number of hydrogen-bond donors (Lipinski definition) is 1. The average Bonchev–Trinajstić information content (AvgIpc) is 3.03. The summed E-state index contributed by atoms with van der Waals surface area (Å²) in [6.07, 6.45) is 1.67. The van der Waals surface area contributed by atoms with Crippen molar-refractivity contribution in [2.45, 2.75) is 11.4 Å². The lowest BCUT2D eigenvalue weighted by atomic mass is 10.3. The Balaban J connectivity index is 1.71.